The van der Waals surface area contributed by atoms with Crippen LogP contribution in [0.1, 0.15) is 77.2 Å². The summed E-state index contributed by atoms with van der Waals surface area (Å²) in [6.45, 7) is 7.48. The van der Waals surface area contributed by atoms with E-state index in [-0.39, 0.29) is 24.1 Å². The van der Waals surface area contributed by atoms with Gasteiger partial charge in [-0.25, -0.2) is 9.97 Å². The summed E-state index contributed by atoms with van der Waals surface area (Å²) in [7, 11) is 0. The molecule has 2 aromatic carbocycles. The van der Waals surface area contributed by atoms with Crippen molar-refractivity contribution in [2.45, 2.75) is 76.5 Å². The first kappa shape index (κ1) is 29.4. The topological polar surface area (TPSA) is 111 Å². The Balaban J connectivity index is 0.883. The SMILES string of the molecule is Cc1ccnc(NC2CCN(c3ccc(CN4CCC(c5ccc6c(c5)CN(C5CCC(=O)NC5=O)C6=O)CC4)cc3)CC2)n1. The van der Waals surface area contributed by atoms with Crippen LogP contribution in [0.5, 0.6) is 0 Å². The Kier molecular flexibility index (Phi) is 8.23. The molecule has 4 aliphatic heterocycles. The van der Waals surface area contributed by atoms with E-state index in [0.717, 1.165) is 75.6 Å². The van der Waals surface area contributed by atoms with E-state index in [1.54, 1.807) is 4.90 Å². The number of piperidine rings is 3. The Morgan fingerprint density at radius 3 is 2.42 bits per heavy atom. The zero-order valence-corrected chi connectivity index (χ0v) is 25.9. The number of carbonyl (C=O) groups excluding carboxylic acids is 3. The van der Waals surface area contributed by atoms with Crippen molar-refractivity contribution in [1.82, 2.24) is 25.1 Å². The lowest BCUT2D eigenvalue weighted by Crippen LogP contribution is -2.52. The summed E-state index contributed by atoms with van der Waals surface area (Å²) in [4.78, 5) is 52.5. The van der Waals surface area contributed by atoms with Gasteiger partial charge in [0, 0.05) is 61.8 Å². The van der Waals surface area contributed by atoms with Gasteiger partial charge in [0.25, 0.3) is 5.91 Å². The maximum Gasteiger partial charge on any atom is 0.255 e. The van der Waals surface area contributed by atoms with Crippen LogP contribution in [0, 0.1) is 6.92 Å². The average Bonchev–Trinajstić information content (AvgIpc) is 3.37. The van der Waals surface area contributed by atoms with Gasteiger partial charge < -0.3 is 15.1 Å². The van der Waals surface area contributed by atoms with Crippen LogP contribution in [0.3, 0.4) is 0 Å². The molecule has 4 aliphatic rings. The molecule has 1 unspecified atom stereocenters. The zero-order valence-electron chi connectivity index (χ0n) is 25.9. The third-order valence-corrected chi connectivity index (χ3v) is 9.94. The number of amides is 3. The van der Waals surface area contributed by atoms with Gasteiger partial charge in [0.2, 0.25) is 17.8 Å². The van der Waals surface area contributed by atoms with Crippen molar-refractivity contribution in [2.75, 3.05) is 36.4 Å². The van der Waals surface area contributed by atoms with Crippen molar-refractivity contribution in [3.05, 3.63) is 82.7 Å². The molecule has 1 atom stereocenters. The van der Waals surface area contributed by atoms with Gasteiger partial charge in [-0.05, 0) is 99.0 Å². The van der Waals surface area contributed by atoms with E-state index in [4.69, 9.17) is 0 Å². The van der Waals surface area contributed by atoms with E-state index >= 15 is 0 Å². The summed E-state index contributed by atoms with van der Waals surface area (Å²) in [5.41, 5.74) is 6.56. The number of carbonyl (C=O) groups is 3. The molecule has 2 N–H and O–H groups in total. The first-order valence-electron chi connectivity index (χ1n) is 16.3. The number of nitrogens with one attached hydrogen (secondary N) is 2. The number of benzene rings is 2. The quantitative estimate of drug-likeness (QED) is 0.388. The van der Waals surface area contributed by atoms with Gasteiger partial charge in [-0.15, -0.1) is 0 Å². The maximum atomic E-state index is 13.1. The molecule has 3 fully saturated rings. The Bertz CT molecular complexity index is 1580. The fourth-order valence-electron chi connectivity index (χ4n) is 7.33. The van der Waals surface area contributed by atoms with Crippen molar-refractivity contribution in [1.29, 1.82) is 0 Å². The molecule has 7 rings (SSSR count). The lowest BCUT2D eigenvalue weighted by atomic mass is 9.87. The van der Waals surface area contributed by atoms with Gasteiger partial charge >= 0.3 is 0 Å². The minimum Gasteiger partial charge on any atom is -0.371 e. The summed E-state index contributed by atoms with van der Waals surface area (Å²) in [6.07, 6.45) is 6.76. The third kappa shape index (κ3) is 6.42. The van der Waals surface area contributed by atoms with Crippen molar-refractivity contribution in [3.63, 3.8) is 0 Å². The second-order valence-corrected chi connectivity index (χ2v) is 13.0. The third-order valence-electron chi connectivity index (χ3n) is 9.94. The molecular weight excluding hydrogens is 566 g/mol. The molecule has 0 spiro atoms. The van der Waals surface area contributed by atoms with Crippen LogP contribution in [0.2, 0.25) is 0 Å². The Labute approximate surface area is 264 Å². The second kappa shape index (κ2) is 12.6. The highest BCUT2D eigenvalue weighted by Crippen LogP contribution is 2.34. The normalized spacial score (nSPS) is 21.6. The Hall–Kier alpha value is -4.31. The van der Waals surface area contributed by atoms with E-state index in [9.17, 15) is 14.4 Å². The van der Waals surface area contributed by atoms with E-state index in [2.05, 4.69) is 66.8 Å². The smallest absolute Gasteiger partial charge is 0.255 e. The number of aryl methyl sites for hydroxylation is 1. The first-order valence-corrected chi connectivity index (χ1v) is 16.3. The van der Waals surface area contributed by atoms with E-state index in [0.29, 0.717) is 30.5 Å². The van der Waals surface area contributed by atoms with E-state index in [1.165, 1.54) is 16.8 Å². The van der Waals surface area contributed by atoms with Gasteiger partial charge in [0.15, 0.2) is 0 Å². The summed E-state index contributed by atoms with van der Waals surface area (Å²) < 4.78 is 0. The number of hydrogen-bond donors (Lipinski definition) is 2. The predicted octanol–water partition coefficient (Wildman–Crippen LogP) is 4.01. The fourth-order valence-corrected chi connectivity index (χ4v) is 7.33. The number of imide groups is 1. The van der Waals surface area contributed by atoms with Gasteiger partial charge in [-0.3, -0.25) is 24.6 Å². The first-order chi connectivity index (χ1) is 21.9. The molecule has 0 bridgehead atoms. The molecule has 0 radical (unpaired) electrons. The predicted molar refractivity (Wildman–Crippen MR) is 172 cm³/mol. The highest BCUT2D eigenvalue weighted by atomic mass is 16.2. The van der Waals surface area contributed by atoms with Crippen LogP contribution in [-0.4, -0.2) is 75.8 Å². The van der Waals surface area contributed by atoms with Gasteiger partial charge in [0.1, 0.15) is 6.04 Å². The van der Waals surface area contributed by atoms with Crippen LogP contribution >= 0.6 is 0 Å². The van der Waals surface area contributed by atoms with Crippen molar-refractivity contribution in [3.8, 4) is 0 Å². The van der Waals surface area contributed by atoms with Gasteiger partial charge in [0.05, 0.1) is 0 Å². The number of rotatable bonds is 7. The molecular formula is C35H41N7O3. The average molecular weight is 608 g/mol. The minimum absolute atomic E-state index is 0.110. The van der Waals surface area contributed by atoms with Crippen molar-refractivity contribution in [2.24, 2.45) is 0 Å². The molecule has 0 aliphatic carbocycles. The number of fused-ring (bicyclic) bond motifs is 1. The number of anilines is 2. The fraction of sp³-hybridized carbons (Fsp3) is 0.457. The molecule has 10 nitrogen and oxygen atoms in total. The van der Waals surface area contributed by atoms with Crippen LogP contribution in [-0.2, 0) is 22.7 Å². The summed E-state index contributed by atoms with van der Waals surface area (Å²) in [5, 5.41) is 5.88. The standard InChI is InChI=1S/C35H41N7O3/c1-23-10-15-36-35(37-23)38-28-13-18-41(19-14-28)29-5-2-24(3-6-29)21-40-16-11-25(12-17-40)26-4-7-30-27(20-26)22-42(34(30)45)31-8-9-32(43)39-33(31)44/h2-7,10,15,20,25,28,31H,8-9,11-14,16-19,21-22H2,1H3,(H,36,37,38)(H,39,43,44). The molecule has 1 aromatic heterocycles. The molecule has 234 valence electrons. The van der Waals surface area contributed by atoms with Crippen molar-refractivity contribution >= 4 is 29.4 Å². The zero-order chi connectivity index (χ0) is 30.9. The minimum atomic E-state index is -0.572. The monoisotopic (exact) mass is 607 g/mol. The lowest BCUT2D eigenvalue weighted by molar-refractivity contribution is -0.136. The highest BCUT2D eigenvalue weighted by Gasteiger charge is 2.39. The number of nitrogens with zero attached hydrogens (tertiary/aromatic N) is 5. The highest BCUT2D eigenvalue weighted by molar-refractivity contribution is 6.05. The number of likely N-dealkylation sites (tertiary alicyclic amines) is 1. The van der Waals surface area contributed by atoms with E-state index < -0.39 is 6.04 Å². The molecule has 45 heavy (non-hydrogen) atoms. The van der Waals surface area contributed by atoms with Crippen LogP contribution in [0.4, 0.5) is 11.6 Å². The maximum absolute atomic E-state index is 13.1. The summed E-state index contributed by atoms with van der Waals surface area (Å²) in [6, 6.07) is 17.0. The van der Waals surface area contributed by atoms with Crippen LogP contribution < -0.4 is 15.5 Å². The number of aromatic nitrogens is 2. The molecule has 0 saturated carbocycles. The largest absolute Gasteiger partial charge is 0.371 e. The molecule has 10 heteroatoms. The van der Waals surface area contributed by atoms with Gasteiger partial charge in [-0.2, -0.15) is 0 Å². The number of hydrogen-bond acceptors (Lipinski definition) is 8. The molecule has 5 heterocycles. The molecule has 3 aromatic rings. The van der Waals surface area contributed by atoms with Crippen LogP contribution in [0.25, 0.3) is 0 Å². The summed E-state index contributed by atoms with van der Waals surface area (Å²) in [5.74, 6) is 0.451. The van der Waals surface area contributed by atoms with Gasteiger partial charge in [-0.1, -0.05) is 24.3 Å². The van der Waals surface area contributed by atoms with E-state index in [1.807, 2.05) is 25.3 Å². The van der Waals surface area contributed by atoms with Crippen LogP contribution in [0.15, 0.2) is 54.7 Å². The molecule has 3 amide bonds. The Morgan fingerprint density at radius 2 is 1.69 bits per heavy atom. The molecule has 3 saturated heterocycles. The van der Waals surface area contributed by atoms with Crippen molar-refractivity contribution < 1.29 is 14.4 Å². The second-order valence-electron chi connectivity index (χ2n) is 13.0. The lowest BCUT2D eigenvalue weighted by Gasteiger charge is -2.34. The summed E-state index contributed by atoms with van der Waals surface area (Å²) >= 11 is 0. The Morgan fingerprint density at radius 1 is 0.911 bits per heavy atom.